The number of halogens is 1. The molecule has 6 heteroatoms. The van der Waals surface area contributed by atoms with Crippen molar-refractivity contribution in [3.05, 3.63) is 30.3 Å². The van der Waals surface area contributed by atoms with Crippen molar-refractivity contribution in [2.24, 2.45) is 11.1 Å². The zero-order chi connectivity index (χ0) is 20.1. The van der Waals surface area contributed by atoms with Crippen LogP contribution in [0.3, 0.4) is 0 Å². The van der Waals surface area contributed by atoms with Crippen LogP contribution in [0.25, 0.3) is 0 Å². The Labute approximate surface area is 168 Å². The van der Waals surface area contributed by atoms with Gasteiger partial charge in [0.05, 0.1) is 6.10 Å². The van der Waals surface area contributed by atoms with Gasteiger partial charge in [0.25, 0.3) is 5.91 Å². The van der Waals surface area contributed by atoms with E-state index in [4.69, 9.17) is 21.2 Å². The molecule has 3 atom stereocenters. The summed E-state index contributed by atoms with van der Waals surface area (Å²) >= 11 is 6.39. The Morgan fingerprint density at radius 2 is 1.96 bits per heavy atom. The third-order valence-corrected chi connectivity index (χ3v) is 4.85. The molecule has 0 aliphatic heterocycles. The van der Waals surface area contributed by atoms with E-state index in [0.717, 1.165) is 32.1 Å². The molecule has 0 aliphatic carbocycles. The molecule has 0 bridgehead atoms. The monoisotopic (exact) mass is 396 g/mol. The normalized spacial score (nSPS) is 14.7. The van der Waals surface area contributed by atoms with Gasteiger partial charge in [0, 0.05) is 11.9 Å². The lowest BCUT2D eigenvalue weighted by atomic mass is 9.96. The fourth-order valence-corrected chi connectivity index (χ4v) is 2.97. The number of ether oxygens (including phenoxy) is 1. The van der Waals surface area contributed by atoms with E-state index in [1.165, 1.54) is 11.1 Å². The van der Waals surface area contributed by atoms with Gasteiger partial charge in [0.1, 0.15) is 0 Å². The standard InChI is InChI=1S/C21H33ClN2O3/c1-5-8-10-15-19(17(4)6-2)27-20(22)21(25)24(16-26-23-7-3)18-13-11-9-12-14-18/h7,9,11-14,17,19-20H,5-6,8,10,15-16H2,1-4H3. The van der Waals surface area contributed by atoms with Crippen LogP contribution in [-0.2, 0) is 14.4 Å². The van der Waals surface area contributed by atoms with E-state index in [1.807, 2.05) is 30.3 Å². The van der Waals surface area contributed by atoms with Gasteiger partial charge in [-0.1, -0.05) is 81.4 Å². The fraction of sp³-hybridized carbons (Fsp3) is 0.619. The SMILES string of the molecule is CC=NOCN(C(=O)C(Cl)OC(CCCCC)C(C)CC)c1ccccc1. The minimum absolute atomic E-state index is 0.0242. The van der Waals surface area contributed by atoms with Crippen LogP contribution in [0.4, 0.5) is 5.69 Å². The van der Waals surface area contributed by atoms with Gasteiger partial charge < -0.3 is 9.57 Å². The van der Waals surface area contributed by atoms with Crippen LogP contribution in [0.15, 0.2) is 35.5 Å². The predicted molar refractivity (Wildman–Crippen MR) is 112 cm³/mol. The van der Waals surface area contributed by atoms with Crippen molar-refractivity contribution in [2.45, 2.75) is 71.5 Å². The van der Waals surface area contributed by atoms with E-state index in [-0.39, 0.29) is 18.7 Å². The summed E-state index contributed by atoms with van der Waals surface area (Å²) in [5.41, 5.74) is -0.380. The molecular formula is C21H33ClN2O3. The summed E-state index contributed by atoms with van der Waals surface area (Å²) < 4.78 is 6.00. The third kappa shape index (κ3) is 8.31. The van der Waals surface area contributed by atoms with E-state index < -0.39 is 5.56 Å². The minimum Gasteiger partial charge on any atom is -0.374 e. The van der Waals surface area contributed by atoms with Crippen LogP contribution in [-0.4, -0.2) is 30.5 Å². The molecular weight excluding hydrogens is 364 g/mol. The largest absolute Gasteiger partial charge is 0.374 e. The second-order valence-electron chi connectivity index (χ2n) is 6.60. The zero-order valence-corrected chi connectivity index (χ0v) is 17.7. The van der Waals surface area contributed by atoms with E-state index >= 15 is 0 Å². The summed E-state index contributed by atoms with van der Waals surface area (Å²) in [7, 11) is 0. The zero-order valence-electron chi connectivity index (χ0n) is 16.9. The molecule has 0 heterocycles. The highest BCUT2D eigenvalue weighted by Crippen LogP contribution is 2.23. The number of hydrogen-bond acceptors (Lipinski definition) is 4. The van der Waals surface area contributed by atoms with E-state index in [0.29, 0.717) is 11.6 Å². The van der Waals surface area contributed by atoms with Gasteiger partial charge in [-0.25, -0.2) is 0 Å². The lowest BCUT2D eigenvalue weighted by Crippen LogP contribution is -2.41. The van der Waals surface area contributed by atoms with E-state index in [9.17, 15) is 4.79 Å². The van der Waals surface area contributed by atoms with Crippen molar-refractivity contribution in [2.75, 3.05) is 11.6 Å². The second-order valence-corrected chi connectivity index (χ2v) is 6.99. The number of amides is 1. The van der Waals surface area contributed by atoms with Crippen molar-refractivity contribution in [3.8, 4) is 0 Å². The number of para-hydroxylation sites is 1. The van der Waals surface area contributed by atoms with Gasteiger partial charge >= 0.3 is 0 Å². The molecule has 1 amide bonds. The quantitative estimate of drug-likeness (QED) is 0.144. The maximum Gasteiger partial charge on any atom is 0.274 e. The van der Waals surface area contributed by atoms with Crippen molar-refractivity contribution in [1.82, 2.24) is 0 Å². The molecule has 1 rings (SSSR count). The number of alkyl halides is 1. The van der Waals surface area contributed by atoms with Crippen LogP contribution < -0.4 is 4.90 Å². The Morgan fingerprint density at radius 3 is 2.56 bits per heavy atom. The maximum absolute atomic E-state index is 13.0. The van der Waals surface area contributed by atoms with Gasteiger partial charge in [-0.15, -0.1) is 0 Å². The van der Waals surface area contributed by atoms with E-state index in [2.05, 4.69) is 25.9 Å². The first-order valence-corrected chi connectivity index (χ1v) is 10.2. The average Bonchev–Trinajstić information content (AvgIpc) is 2.70. The summed E-state index contributed by atoms with van der Waals surface area (Å²) in [6.07, 6.45) is 6.73. The van der Waals surface area contributed by atoms with Crippen LogP contribution in [0.2, 0.25) is 0 Å². The number of hydrogen-bond donors (Lipinski definition) is 0. The number of oxime groups is 1. The lowest BCUT2D eigenvalue weighted by molar-refractivity contribution is -0.131. The molecule has 0 aromatic heterocycles. The molecule has 0 saturated carbocycles. The van der Waals surface area contributed by atoms with Crippen LogP contribution in [0.1, 0.15) is 59.8 Å². The summed E-state index contributed by atoms with van der Waals surface area (Å²) in [6, 6.07) is 9.26. The van der Waals surface area contributed by atoms with Gasteiger partial charge in [-0.2, -0.15) is 0 Å². The van der Waals surface area contributed by atoms with Crippen LogP contribution in [0.5, 0.6) is 0 Å². The van der Waals surface area contributed by atoms with Gasteiger partial charge in [0.15, 0.2) is 6.73 Å². The molecule has 0 spiro atoms. The molecule has 3 unspecified atom stereocenters. The summed E-state index contributed by atoms with van der Waals surface area (Å²) in [6.45, 7) is 8.15. The summed E-state index contributed by atoms with van der Waals surface area (Å²) in [5.74, 6) is -0.0139. The number of carbonyl (C=O) groups excluding carboxylic acids is 1. The number of unbranched alkanes of at least 4 members (excludes halogenated alkanes) is 2. The lowest BCUT2D eigenvalue weighted by Gasteiger charge is -2.28. The molecule has 152 valence electrons. The van der Waals surface area contributed by atoms with Crippen molar-refractivity contribution < 1.29 is 14.4 Å². The molecule has 0 N–H and O–H groups in total. The number of rotatable bonds is 13. The Kier molecular flexibility index (Phi) is 11.8. The summed E-state index contributed by atoms with van der Waals surface area (Å²) in [4.78, 5) is 19.6. The molecule has 0 radical (unpaired) electrons. The Balaban J connectivity index is 2.84. The first-order valence-electron chi connectivity index (χ1n) is 9.80. The second kappa shape index (κ2) is 13.6. The fourth-order valence-electron chi connectivity index (χ4n) is 2.72. The molecule has 0 aliphatic rings. The minimum atomic E-state index is -1.07. The first-order chi connectivity index (χ1) is 13.0. The Bertz CT molecular complexity index is 554. The third-order valence-electron chi connectivity index (χ3n) is 4.56. The topological polar surface area (TPSA) is 51.1 Å². The first kappa shape index (κ1) is 23.4. The predicted octanol–water partition coefficient (Wildman–Crippen LogP) is 5.58. The Hall–Kier alpha value is -1.59. The molecule has 0 fully saturated rings. The van der Waals surface area contributed by atoms with Gasteiger partial charge in [-0.3, -0.25) is 9.69 Å². The maximum atomic E-state index is 13.0. The van der Waals surface area contributed by atoms with Crippen LogP contribution in [0, 0.1) is 5.92 Å². The van der Waals surface area contributed by atoms with Gasteiger partial charge in [0.2, 0.25) is 5.56 Å². The smallest absolute Gasteiger partial charge is 0.274 e. The van der Waals surface area contributed by atoms with Crippen molar-refractivity contribution >= 4 is 29.4 Å². The van der Waals surface area contributed by atoms with Gasteiger partial charge in [-0.05, 0) is 31.4 Å². The van der Waals surface area contributed by atoms with Crippen molar-refractivity contribution in [1.29, 1.82) is 0 Å². The van der Waals surface area contributed by atoms with E-state index in [1.54, 1.807) is 6.92 Å². The molecule has 1 aromatic rings. The summed E-state index contributed by atoms with van der Waals surface area (Å²) in [5, 5.41) is 3.73. The Morgan fingerprint density at radius 1 is 1.26 bits per heavy atom. The number of carbonyl (C=O) groups is 1. The molecule has 1 aromatic carbocycles. The highest BCUT2D eigenvalue weighted by atomic mass is 35.5. The average molecular weight is 397 g/mol. The van der Waals surface area contributed by atoms with Crippen molar-refractivity contribution in [3.63, 3.8) is 0 Å². The number of nitrogens with zero attached hydrogens (tertiary/aromatic N) is 2. The molecule has 0 saturated heterocycles. The molecule has 27 heavy (non-hydrogen) atoms. The molecule has 5 nitrogen and oxygen atoms in total. The highest BCUT2D eigenvalue weighted by molar-refractivity contribution is 6.31. The number of anilines is 1. The number of benzene rings is 1. The highest BCUT2D eigenvalue weighted by Gasteiger charge is 2.29. The van der Waals surface area contributed by atoms with Crippen LogP contribution >= 0.6 is 11.6 Å².